The molecule has 1 heterocycles. The molecular formula is C22H38N2O3S. The summed E-state index contributed by atoms with van der Waals surface area (Å²) >= 11 is 1.46. The van der Waals surface area contributed by atoms with E-state index in [1.165, 1.54) is 37.0 Å². The Labute approximate surface area is 174 Å². The molecular weight excluding hydrogens is 372 g/mol. The van der Waals surface area contributed by atoms with Crippen molar-refractivity contribution >= 4 is 28.3 Å². The standard InChI is InChI=1S/C22H38N2O3S/c1-6-8-10-11-12-13-15-23-21(26)24-19-18(20(25)27-22(3,4)5)16-17(28-19)14-9-7-2/h16H,6-15H2,1-5H3,(H2,23,24,26). The number of aryl methyl sites for hydroxylation is 1. The van der Waals surface area contributed by atoms with E-state index in [2.05, 4.69) is 24.5 Å². The van der Waals surface area contributed by atoms with Crippen LogP contribution in [0.2, 0.25) is 0 Å². The molecule has 0 saturated heterocycles. The summed E-state index contributed by atoms with van der Waals surface area (Å²) in [5.41, 5.74) is -0.124. The first kappa shape index (κ1) is 24.5. The first-order valence-electron chi connectivity index (χ1n) is 10.7. The van der Waals surface area contributed by atoms with E-state index in [1.807, 2.05) is 26.8 Å². The number of hydrogen-bond donors (Lipinski definition) is 2. The van der Waals surface area contributed by atoms with Crippen molar-refractivity contribution < 1.29 is 14.3 Å². The smallest absolute Gasteiger partial charge is 0.341 e. The van der Waals surface area contributed by atoms with Crippen molar-refractivity contribution in [1.29, 1.82) is 0 Å². The Bertz CT molecular complexity index is 605. The molecule has 0 radical (unpaired) electrons. The molecule has 0 aliphatic heterocycles. The Kier molecular flexibility index (Phi) is 11.2. The van der Waals surface area contributed by atoms with Gasteiger partial charge in [-0.05, 0) is 46.1 Å². The van der Waals surface area contributed by atoms with Gasteiger partial charge in [0, 0.05) is 11.4 Å². The number of thiophene rings is 1. The van der Waals surface area contributed by atoms with Gasteiger partial charge in [-0.25, -0.2) is 9.59 Å². The molecule has 1 aromatic heterocycles. The van der Waals surface area contributed by atoms with E-state index in [0.717, 1.165) is 37.0 Å². The van der Waals surface area contributed by atoms with Crippen LogP contribution in [0.5, 0.6) is 0 Å². The van der Waals surface area contributed by atoms with Gasteiger partial charge in [0.2, 0.25) is 0 Å². The van der Waals surface area contributed by atoms with E-state index in [0.29, 0.717) is 17.1 Å². The summed E-state index contributed by atoms with van der Waals surface area (Å²) in [6, 6.07) is 1.60. The number of anilines is 1. The lowest BCUT2D eigenvalue weighted by Crippen LogP contribution is -2.30. The molecule has 1 aromatic rings. The summed E-state index contributed by atoms with van der Waals surface area (Å²) in [5.74, 6) is -0.391. The van der Waals surface area contributed by atoms with Gasteiger partial charge < -0.3 is 10.1 Å². The Morgan fingerprint density at radius 3 is 2.29 bits per heavy atom. The normalized spacial score (nSPS) is 11.3. The van der Waals surface area contributed by atoms with Crippen molar-refractivity contribution in [3.8, 4) is 0 Å². The number of hydrogen-bond acceptors (Lipinski definition) is 4. The highest BCUT2D eigenvalue weighted by atomic mass is 32.1. The first-order valence-corrected chi connectivity index (χ1v) is 11.5. The third-order valence-corrected chi connectivity index (χ3v) is 5.33. The number of unbranched alkanes of at least 4 members (excludes halogenated alkanes) is 6. The van der Waals surface area contributed by atoms with Crippen molar-refractivity contribution in [1.82, 2.24) is 5.32 Å². The molecule has 0 bridgehead atoms. The van der Waals surface area contributed by atoms with Crippen LogP contribution in [0.15, 0.2) is 6.07 Å². The minimum atomic E-state index is -0.570. The van der Waals surface area contributed by atoms with Crippen molar-refractivity contribution in [2.75, 3.05) is 11.9 Å². The number of carbonyl (C=O) groups excluding carboxylic acids is 2. The average Bonchev–Trinajstić information content (AvgIpc) is 3.00. The highest BCUT2D eigenvalue weighted by Gasteiger charge is 2.23. The minimum Gasteiger partial charge on any atom is -0.456 e. The molecule has 28 heavy (non-hydrogen) atoms. The Morgan fingerprint density at radius 2 is 1.64 bits per heavy atom. The van der Waals surface area contributed by atoms with Gasteiger partial charge in [-0.3, -0.25) is 5.32 Å². The average molecular weight is 411 g/mol. The second-order valence-electron chi connectivity index (χ2n) is 8.21. The van der Waals surface area contributed by atoms with Crippen molar-refractivity contribution in [2.45, 2.75) is 98.0 Å². The van der Waals surface area contributed by atoms with Gasteiger partial charge >= 0.3 is 12.0 Å². The Balaban J connectivity index is 2.62. The predicted octanol–water partition coefficient (Wildman–Crippen LogP) is 6.53. The van der Waals surface area contributed by atoms with Gasteiger partial charge in [0.15, 0.2) is 0 Å². The topological polar surface area (TPSA) is 67.4 Å². The summed E-state index contributed by atoms with van der Waals surface area (Å²) < 4.78 is 5.51. The van der Waals surface area contributed by atoms with Crippen LogP contribution in [0.1, 0.15) is 101 Å². The number of ether oxygens (including phenoxy) is 1. The molecule has 0 fully saturated rings. The number of esters is 1. The van der Waals surface area contributed by atoms with E-state index in [9.17, 15) is 9.59 Å². The number of rotatable bonds is 12. The molecule has 2 N–H and O–H groups in total. The molecule has 5 nitrogen and oxygen atoms in total. The van der Waals surface area contributed by atoms with Crippen molar-refractivity contribution in [2.24, 2.45) is 0 Å². The molecule has 160 valence electrons. The number of amides is 2. The van der Waals surface area contributed by atoms with E-state index < -0.39 is 11.6 Å². The van der Waals surface area contributed by atoms with Crippen LogP contribution in [-0.4, -0.2) is 24.1 Å². The lowest BCUT2D eigenvalue weighted by Gasteiger charge is -2.19. The molecule has 0 spiro atoms. The quantitative estimate of drug-likeness (QED) is 0.304. The molecule has 0 aliphatic carbocycles. The van der Waals surface area contributed by atoms with E-state index >= 15 is 0 Å². The van der Waals surface area contributed by atoms with Crippen LogP contribution >= 0.6 is 11.3 Å². The number of urea groups is 1. The molecule has 0 unspecified atom stereocenters. The van der Waals surface area contributed by atoms with Crippen LogP contribution in [0.4, 0.5) is 9.80 Å². The number of carbonyl (C=O) groups is 2. The molecule has 0 aliphatic rings. The summed E-state index contributed by atoms with van der Waals surface area (Å²) in [6.45, 7) is 10.5. The number of nitrogens with one attached hydrogen (secondary N) is 2. The zero-order valence-corrected chi connectivity index (χ0v) is 19.1. The maximum atomic E-state index is 12.5. The Hall–Kier alpha value is -1.56. The van der Waals surface area contributed by atoms with Crippen LogP contribution < -0.4 is 10.6 Å². The van der Waals surface area contributed by atoms with Gasteiger partial charge in [-0.15, -0.1) is 11.3 Å². The molecule has 0 atom stereocenters. The lowest BCUT2D eigenvalue weighted by molar-refractivity contribution is 0.00712. The van der Waals surface area contributed by atoms with Crippen molar-refractivity contribution in [3.05, 3.63) is 16.5 Å². The fourth-order valence-corrected chi connectivity index (χ4v) is 3.83. The summed E-state index contributed by atoms with van der Waals surface area (Å²) in [4.78, 5) is 25.9. The molecule has 6 heteroatoms. The van der Waals surface area contributed by atoms with Crippen LogP contribution in [0.3, 0.4) is 0 Å². The van der Waals surface area contributed by atoms with Gasteiger partial charge in [0.1, 0.15) is 10.6 Å². The third kappa shape index (κ3) is 10.1. The zero-order valence-electron chi connectivity index (χ0n) is 18.3. The molecule has 1 rings (SSSR count). The van der Waals surface area contributed by atoms with Gasteiger partial charge in [0.25, 0.3) is 0 Å². The molecule has 0 aromatic carbocycles. The van der Waals surface area contributed by atoms with Crippen LogP contribution in [-0.2, 0) is 11.2 Å². The first-order chi connectivity index (χ1) is 13.3. The SMILES string of the molecule is CCCCCCCCNC(=O)Nc1sc(CCCC)cc1C(=O)OC(C)(C)C. The van der Waals surface area contributed by atoms with Crippen LogP contribution in [0.25, 0.3) is 0 Å². The largest absolute Gasteiger partial charge is 0.456 e. The zero-order chi connectivity index (χ0) is 21.0. The minimum absolute atomic E-state index is 0.262. The fourth-order valence-electron chi connectivity index (χ4n) is 2.75. The highest BCUT2D eigenvalue weighted by Crippen LogP contribution is 2.31. The second-order valence-corrected chi connectivity index (χ2v) is 9.35. The molecule has 0 saturated carbocycles. The maximum absolute atomic E-state index is 12.5. The molecule has 2 amide bonds. The van der Waals surface area contributed by atoms with E-state index in [-0.39, 0.29) is 6.03 Å². The Morgan fingerprint density at radius 1 is 1.00 bits per heavy atom. The van der Waals surface area contributed by atoms with E-state index in [4.69, 9.17) is 4.74 Å². The summed E-state index contributed by atoms with van der Waals surface area (Å²) in [6.07, 6.45) is 10.1. The fraction of sp³-hybridized carbons (Fsp3) is 0.727. The monoisotopic (exact) mass is 410 g/mol. The maximum Gasteiger partial charge on any atom is 0.341 e. The van der Waals surface area contributed by atoms with Crippen LogP contribution in [0, 0.1) is 0 Å². The third-order valence-electron chi connectivity index (χ3n) is 4.22. The van der Waals surface area contributed by atoms with E-state index in [1.54, 1.807) is 0 Å². The lowest BCUT2D eigenvalue weighted by atomic mass is 10.1. The summed E-state index contributed by atoms with van der Waals surface area (Å²) in [5, 5.41) is 6.32. The predicted molar refractivity (Wildman–Crippen MR) is 118 cm³/mol. The van der Waals surface area contributed by atoms with Gasteiger partial charge in [-0.1, -0.05) is 52.4 Å². The van der Waals surface area contributed by atoms with Gasteiger partial charge in [-0.2, -0.15) is 0 Å². The van der Waals surface area contributed by atoms with Gasteiger partial charge in [0.05, 0.1) is 5.56 Å². The van der Waals surface area contributed by atoms with Crippen molar-refractivity contribution in [3.63, 3.8) is 0 Å². The second kappa shape index (κ2) is 12.8. The highest BCUT2D eigenvalue weighted by molar-refractivity contribution is 7.16. The summed E-state index contributed by atoms with van der Waals surface area (Å²) in [7, 11) is 0.